The zero-order chi connectivity index (χ0) is 14.4. The molecule has 2 saturated carbocycles. The van der Waals surface area contributed by atoms with Crippen molar-refractivity contribution in [2.24, 2.45) is 5.92 Å². The molecule has 0 heterocycles. The highest BCUT2D eigenvalue weighted by Gasteiger charge is 2.37. The largest absolute Gasteiger partial charge is 0.375 e. The summed E-state index contributed by atoms with van der Waals surface area (Å²) >= 11 is 0. The van der Waals surface area contributed by atoms with Crippen molar-refractivity contribution in [2.45, 2.75) is 89.4 Å². The lowest BCUT2D eigenvalue weighted by molar-refractivity contribution is -0.0631. The Bertz CT molecular complexity index is 338. The summed E-state index contributed by atoms with van der Waals surface area (Å²) in [5.41, 5.74) is -0.334. The summed E-state index contributed by atoms with van der Waals surface area (Å²) in [6, 6.07) is 2.54. The number of rotatable bonds is 5. The fourth-order valence-corrected chi connectivity index (χ4v) is 3.78. The predicted molar refractivity (Wildman–Crippen MR) is 81.4 cm³/mol. The number of nitriles is 1. The Morgan fingerprint density at radius 2 is 2.05 bits per heavy atom. The summed E-state index contributed by atoms with van der Waals surface area (Å²) in [5.74, 6) is 0.802. The Hall–Kier alpha value is -0.590. The maximum atomic E-state index is 9.57. The van der Waals surface area contributed by atoms with E-state index in [9.17, 15) is 5.26 Å². The van der Waals surface area contributed by atoms with Crippen LogP contribution in [0.5, 0.6) is 0 Å². The number of hydrogen-bond acceptors (Lipinski definition) is 3. The Labute approximate surface area is 124 Å². The lowest BCUT2D eigenvalue weighted by atomic mass is 9.80. The highest BCUT2D eigenvalue weighted by Crippen LogP contribution is 2.33. The zero-order valence-corrected chi connectivity index (χ0v) is 13.2. The van der Waals surface area contributed by atoms with Gasteiger partial charge in [-0.3, -0.25) is 5.32 Å². The molecule has 0 aromatic rings. The van der Waals surface area contributed by atoms with E-state index in [0.717, 1.165) is 44.6 Å². The minimum Gasteiger partial charge on any atom is -0.375 e. The van der Waals surface area contributed by atoms with Crippen LogP contribution in [0.3, 0.4) is 0 Å². The van der Waals surface area contributed by atoms with E-state index in [1.165, 1.54) is 25.7 Å². The van der Waals surface area contributed by atoms with Gasteiger partial charge in [0.05, 0.1) is 18.3 Å². The third-order valence-corrected chi connectivity index (χ3v) is 4.91. The maximum absolute atomic E-state index is 9.57. The van der Waals surface area contributed by atoms with Crippen LogP contribution in [0.1, 0.15) is 71.6 Å². The molecule has 2 rings (SSSR count). The molecular weight excluding hydrogens is 248 g/mol. The molecule has 1 N–H and O–H groups in total. The zero-order valence-electron chi connectivity index (χ0n) is 13.2. The molecule has 0 bridgehead atoms. The second-order valence-corrected chi connectivity index (χ2v) is 6.87. The van der Waals surface area contributed by atoms with Gasteiger partial charge in [-0.2, -0.15) is 5.26 Å². The van der Waals surface area contributed by atoms with Crippen molar-refractivity contribution in [3.8, 4) is 6.07 Å². The topological polar surface area (TPSA) is 45.0 Å². The van der Waals surface area contributed by atoms with Crippen LogP contribution in [0.25, 0.3) is 0 Å². The minimum absolute atomic E-state index is 0.281. The van der Waals surface area contributed by atoms with Crippen LogP contribution in [0.2, 0.25) is 0 Å². The smallest absolute Gasteiger partial charge is 0.109 e. The molecule has 0 saturated heterocycles. The minimum atomic E-state index is -0.334. The molecule has 0 amide bonds. The lowest BCUT2D eigenvalue weighted by Crippen LogP contribution is -2.50. The highest BCUT2D eigenvalue weighted by atomic mass is 16.5. The molecule has 0 aromatic heterocycles. The van der Waals surface area contributed by atoms with Gasteiger partial charge in [-0.05, 0) is 51.0 Å². The fourth-order valence-electron chi connectivity index (χ4n) is 3.78. The predicted octanol–water partition coefficient (Wildman–Crippen LogP) is 3.79. The molecule has 114 valence electrons. The third-order valence-electron chi connectivity index (χ3n) is 4.91. The average Bonchev–Trinajstić information content (AvgIpc) is 2.45. The number of hydrogen-bond donors (Lipinski definition) is 1. The lowest BCUT2D eigenvalue weighted by Gasteiger charge is -2.39. The molecule has 2 aliphatic carbocycles. The van der Waals surface area contributed by atoms with Gasteiger partial charge < -0.3 is 4.74 Å². The summed E-state index contributed by atoms with van der Waals surface area (Å²) in [7, 11) is 0. The maximum Gasteiger partial charge on any atom is 0.109 e. The van der Waals surface area contributed by atoms with E-state index in [-0.39, 0.29) is 11.6 Å². The summed E-state index contributed by atoms with van der Waals surface area (Å²) in [6.07, 6.45) is 10.9. The second-order valence-electron chi connectivity index (χ2n) is 6.87. The van der Waals surface area contributed by atoms with Crippen molar-refractivity contribution in [3.63, 3.8) is 0 Å². The summed E-state index contributed by atoms with van der Waals surface area (Å²) in [5, 5.41) is 13.0. The van der Waals surface area contributed by atoms with Crippen LogP contribution >= 0.6 is 0 Å². The molecule has 2 aliphatic rings. The van der Waals surface area contributed by atoms with Crippen molar-refractivity contribution >= 4 is 0 Å². The first-order valence-corrected chi connectivity index (χ1v) is 8.49. The molecule has 0 radical (unpaired) electrons. The Morgan fingerprint density at radius 1 is 1.25 bits per heavy atom. The van der Waals surface area contributed by atoms with Crippen molar-refractivity contribution in [1.29, 1.82) is 5.26 Å². The monoisotopic (exact) mass is 278 g/mol. The molecule has 2 fully saturated rings. The molecule has 3 nitrogen and oxygen atoms in total. The number of nitrogens with one attached hydrogen (secondary N) is 1. The van der Waals surface area contributed by atoms with E-state index in [1.54, 1.807) is 0 Å². The summed E-state index contributed by atoms with van der Waals surface area (Å²) < 4.78 is 6.35. The van der Waals surface area contributed by atoms with Crippen LogP contribution in [0.15, 0.2) is 0 Å². The van der Waals surface area contributed by atoms with Gasteiger partial charge in [0.2, 0.25) is 0 Å². The van der Waals surface area contributed by atoms with Crippen LogP contribution in [-0.4, -0.2) is 24.3 Å². The van der Waals surface area contributed by atoms with Gasteiger partial charge in [0.15, 0.2) is 0 Å². The normalized spacial score (nSPS) is 38.4. The first-order valence-electron chi connectivity index (χ1n) is 8.49. The molecular formula is C17H30N2O. The quantitative estimate of drug-likeness (QED) is 0.832. The molecule has 4 unspecified atom stereocenters. The summed E-state index contributed by atoms with van der Waals surface area (Å²) in [6.45, 7) is 5.41. The number of ether oxygens (including phenoxy) is 1. The molecule has 0 aromatic carbocycles. The van der Waals surface area contributed by atoms with Crippen molar-refractivity contribution in [1.82, 2.24) is 5.32 Å². The van der Waals surface area contributed by atoms with E-state index < -0.39 is 0 Å². The Morgan fingerprint density at radius 3 is 2.75 bits per heavy atom. The molecule has 0 spiro atoms. The van der Waals surface area contributed by atoms with Crippen LogP contribution in [-0.2, 0) is 4.74 Å². The van der Waals surface area contributed by atoms with Gasteiger partial charge in [0.25, 0.3) is 0 Å². The van der Waals surface area contributed by atoms with E-state index in [2.05, 4.69) is 25.2 Å². The highest BCUT2D eigenvalue weighted by molar-refractivity contribution is 5.10. The van der Waals surface area contributed by atoms with Gasteiger partial charge in [-0.1, -0.05) is 26.7 Å². The number of nitrogens with zero attached hydrogens (tertiary/aromatic N) is 1. The Kier molecular flexibility index (Phi) is 5.86. The van der Waals surface area contributed by atoms with Gasteiger partial charge in [-0.25, -0.2) is 0 Å². The van der Waals surface area contributed by atoms with Crippen molar-refractivity contribution in [2.75, 3.05) is 6.54 Å². The molecule has 4 atom stereocenters. The Balaban J connectivity index is 1.87. The van der Waals surface area contributed by atoms with Gasteiger partial charge >= 0.3 is 0 Å². The van der Waals surface area contributed by atoms with Gasteiger partial charge in [-0.15, -0.1) is 0 Å². The third kappa shape index (κ3) is 4.20. The van der Waals surface area contributed by atoms with Crippen molar-refractivity contribution in [3.05, 3.63) is 0 Å². The average molecular weight is 278 g/mol. The first kappa shape index (κ1) is 15.8. The van der Waals surface area contributed by atoms with Crippen molar-refractivity contribution < 1.29 is 4.74 Å². The second kappa shape index (κ2) is 7.43. The van der Waals surface area contributed by atoms with Crippen LogP contribution < -0.4 is 5.32 Å². The van der Waals surface area contributed by atoms with Crippen LogP contribution in [0.4, 0.5) is 0 Å². The van der Waals surface area contributed by atoms with E-state index in [1.807, 2.05) is 0 Å². The SMILES string of the molecule is CCCNC1(C#N)CCCC(OC2CCCC(C)C2)C1. The fraction of sp³-hybridized carbons (Fsp3) is 0.941. The first-order chi connectivity index (χ1) is 9.67. The van der Waals surface area contributed by atoms with E-state index in [0.29, 0.717) is 6.10 Å². The van der Waals surface area contributed by atoms with E-state index in [4.69, 9.17) is 4.74 Å². The van der Waals surface area contributed by atoms with E-state index >= 15 is 0 Å². The molecule has 0 aliphatic heterocycles. The molecule has 3 heteroatoms. The van der Waals surface area contributed by atoms with Gasteiger partial charge in [0.1, 0.15) is 5.54 Å². The standard InChI is InChI=1S/C17H30N2O/c1-3-10-19-17(13-18)9-5-8-16(12-17)20-15-7-4-6-14(2)11-15/h14-16,19H,3-12H2,1-2H3. The summed E-state index contributed by atoms with van der Waals surface area (Å²) in [4.78, 5) is 0. The van der Waals surface area contributed by atoms with Gasteiger partial charge in [0, 0.05) is 6.42 Å². The van der Waals surface area contributed by atoms with Crippen LogP contribution in [0, 0.1) is 17.2 Å². The molecule has 20 heavy (non-hydrogen) atoms.